The van der Waals surface area contributed by atoms with Gasteiger partial charge >= 0.3 is 10.1 Å². The zero-order valence-corrected chi connectivity index (χ0v) is 14.5. The standard InChI is InChI=1S/C19H13ClO4S/c20-17-8-4-5-9-18(17)25(22,23)24-16-12-10-15(11-13-16)19(21)14-6-2-1-3-7-14/h1-13H. The highest BCUT2D eigenvalue weighted by Crippen LogP contribution is 2.25. The predicted molar refractivity (Wildman–Crippen MR) is 95.6 cm³/mol. The van der Waals surface area contributed by atoms with Crippen LogP contribution in [0.15, 0.2) is 83.8 Å². The normalized spacial score (nSPS) is 11.1. The van der Waals surface area contributed by atoms with E-state index in [0.717, 1.165) is 0 Å². The second kappa shape index (κ2) is 7.09. The molecule has 4 nitrogen and oxygen atoms in total. The fourth-order valence-corrected chi connectivity index (χ4v) is 3.66. The van der Waals surface area contributed by atoms with Crippen molar-refractivity contribution < 1.29 is 17.4 Å². The molecule has 3 aromatic carbocycles. The van der Waals surface area contributed by atoms with E-state index < -0.39 is 10.1 Å². The quantitative estimate of drug-likeness (QED) is 0.493. The van der Waals surface area contributed by atoms with E-state index in [2.05, 4.69) is 0 Å². The van der Waals surface area contributed by atoms with Gasteiger partial charge < -0.3 is 4.18 Å². The van der Waals surface area contributed by atoms with E-state index in [9.17, 15) is 13.2 Å². The molecule has 0 aliphatic carbocycles. The van der Waals surface area contributed by atoms with Gasteiger partial charge in [0.15, 0.2) is 5.78 Å². The van der Waals surface area contributed by atoms with Crippen LogP contribution < -0.4 is 4.18 Å². The second-order valence-electron chi connectivity index (χ2n) is 5.19. The molecule has 0 amide bonds. The number of halogens is 1. The minimum Gasteiger partial charge on any atom is -0.379 e. The highest BCUT2D eigenvalue weighted by Gasteiger charge is 2.20. The van der Waals surface area contributed by atoms with Crippen LogP contribution in [0.3, 0.4) is 0 Å². The van der Waals surface area contributed by atoms with Crippen molar-refractivity contribution in [2.75, 3.05) is 0 Å². The van der Waals surface area contributed by atoms with Crippen LogP contribution in [-0.4, -0.2) is 14.2 Å². The summed E-state index contributed by atoms with van der Waals surface area (Å²) in [5.41, 5.74) is 0.994. The molecule has 6 heteroatoms. The van der Waals surface area contributed by atoms with Gasteiger partial charge in [0.2, 0.25) is 0 Å². The maximum absolute atomic E-state index is 12.3. The van der Waals surface area contributed by atoms with Crippen LogP contribution in [0.25, 0.3) is 0 Å². The minimum atomic E-state index is -4.05. The largest absolute Gasteiger partial charge is 0.379 e. The zero-order chi connectivity index (χ0) is 17.9. The molecule has 0 fully saturated rings. The first kappa shape index (κ1) is 17.2. The lowest BCUT2D eigenvalue weighted by atomic mass is 10.0. The Morgan fingerprint density at radius 3 is 1.96 bits per heavy atom. The van der Waals surface area contributed by atoms with Crippen LogP contribution in [0.5, 0.6) is 5.75 Å². The monoisotopic (exact) mass is 372 g/mol. The first-order valence-electron chi connectivity index (χ1n) is 7.36. The molecule has 0 saturated heterocycles. The van der Waals surface area contributed by atoms with Crippen LogP contribution in [0, 0.1) is 0 Å². The van der Waals surface area contributed by atoms with Crippen LogP contribution in [-0.2, 0) is 10.1 Å². The van der Waals surface area contributed by atoms with Gasteiger partial charge in [-0.15, -0.1) is 0 Å². The molecule has 0 N–H and O–H groups in total. The fourth-order valence-electron chi connectivity index (χ4n) is 2.24. The summed E-state index contributed by atoms with van der Waals surface area (Å²) in [6.45, 7) is 0. The summed E-state index contributed by atoms with van der Waals surface area (Å²) in [6, 6.07) is 20.8. The third kappa shape index (κ3) is 3.90. The Kier molecular flexibility index (Phi) is 4.88. The summed E-state index contributed by atoms with van der Waals surface area (Å²) in [5, 5.41) is 0.0818. The van der Waals surface area contributed by atoms with Crippen molar-refractivity contribution in [2.24, 2.45) is 0 Å². The summed E-state index contributed by atoms with van der Waals surface area (Å²) in [7, 11) is -4.05. The molecule has 0 aromatic heterocycles. The predicted octanol–water partition coefficient (Wildman–Crippen LogP) is 4.34. The van der Waals surface area contributed by atoms with Crippen LogP contribution in [0.4, 0.5) is 0 Å². The molecule has 3 aromatic rings. The Morgan fingerprint density at radius 1 is 0.760 bits per heavy atom. The Labute approximate surface area is 150 Å². The second-order valence-corrected chi connectivity index (χ2v) is 7.11. The fraction of sp³-hybridized carbons (Fsp3) is 0. The van der Waals surface area contributed by atoms with E-state index in [-0.39, 0.29) is 21.5 Å². The number of hydrogen-bond acceptors (Lipinski definition) is 4. The van der Waals surface area contributed by atoms with E-state index in [1.54, 1.807) is 36.4 Å². The van der Waals surface area contributed by atoms with Crippen molar-refractivity contribution in [3.63, 3.8) is 0 Å². The molecule has 0 aliphatic heterocycles. The molecule has 0 unspecified atom stereocenters. The van der Waals surface area contributed by atoms with Gasteiger partial charge in [-0.2, -0.15) is 8.42 Å². The third-order valence-corrected chi connectivity index (χ3v) is 5.21. The average Bonchev–Trinajstić information content (AvgIpc) is 2.62. The summed E-state index contributed by atoms with van der Waals surface area (Å²) in [5.74, 6) is -0.0503. The molecule has 0 heterocycles. The summed E-state index contributed by atoms with van der Waals surface area (Å²) >= 11 is 5.91. The maximum atomic E-state index is 12.3. The molecule has 0 saturated carbocycles. The number of carbonyl (C=O) groups is 1. The molecule has 25 heavy (non-hydrogen) atoms. The van der Waals surface area contributed by atoms with Gasteiger partial charge in [0.1, 0.15) is 10.6 Å². The minimum absolute atomic E-state index is 0.0818. The van der Waals surface area contributed by atoms with E-state index in [4.69, 9.17) is 15.8 Å². The SMILES string of the molecule is O=C(c1ccccc1)c1ccc(OS(=O)(=O)c2ccccc2Cl)cc1. The Balaban J connectivity index is 1.82. The van der Waals surface area contributed by atoms with Crippen LogP contribution >= 0.6 is 11.6 Å². The van der Waals surface area contributed by atoms with Crippen LogP contribution in [0.1, 0.15) is 15.9 Å². The highest BCUT2D eigenvalue weighted by molar-refractivity contribution is 7.87. The first-order chi connectivity index (χ1) is 12.0. The van der Waals surface area contributed by atoms with Crippen molar-refractivity contribution in [3.8, 4) is 5.75 Å². The number of ketones is 1. The van der Waals surface area contributed by atoms with Crippen LogP contribution in [0.2, 0.25) is 5.02 Å². The van der Waals surface area contributed by atoms with Gasteiger partial charge in [-0.1, -0.05) is 54.1 Å². The lowest BCUT2D eigenvalue weighted by Gasteiger charge is -2.09. The highest BCUT2D eigenvalue weighted by atomic mass is 35.5. The van der Waals surface area contributed by atoms with Crippen molar-refractivity contribution in [1.82, 2.24) is 0 Å². The molecular weight excluding hydrogens is 360 g/mol. The molecule has 3 rings (SSSR count). The first-order valence-corrected chi connectivity index (χ1v) is 9.15. The average molecular weight is 373 g/mol. The van der Waals surface area contributed by atoms with Gasteiger partial charge in [-0.25, -0.2) is 0 Å². The molecule has 0 radical (unpaired) electrons. The van der Waals surface area contributed by atoms with Gasteiger partial charge in [-0.3, -0.25) is 4.79 Å². The summed E-state index contributed by atoms with van der Waals surface area (Å²) in [6.07, 6.45) is 0. The number of benzene rings is 3. The topological polar surface area (TPSA) is 60.4 Å². The molecule has 0 spiro atoms. The van der Waals surface area contributed by atoms with E-state index in [0.29, 0.717) is 11.1 Å². The number of rotatable bonds is 5. The molecule has 0 bridgehead atoms. The van der Waals surface area contributed by atoms with E-state index in [1.807, 2.05) is 6.07 Å². The third-order valence-electron chi connectivity index (χ3n) is 3.46. The van der Waals surface area contributed by atoms with Gasteiger partial charge in [0.05, 0.1) is 5.02 Å². The van der Waals surface area contributed by atoms with Crippen molar-refractivity contribution >= 4 is 27.5 Å². The number of carbonyl (C=O) groups excluding carboxylic acids is 1. The van der Waals surface area contributed by atoms with Gasteiger partial charge in [-0.05, 0) is 36.4 Å². The van der Waals surface area contributed by atoms with E-state index in [1.165, 1.54) is 36.4 Å². The smallest absolute Gasteiger partial charge is 0.340 e. The molecule has 0 atom stereocenters. The summed E-state index contributed by atoms with van der Waals surface area (Å²) < 4.78 is 29.7. The lowest BCUT2D eigenvalue weighted by molar-refractivity contribution is 0.103. The van der Waals surface area contributed by atoms with Crippen molar-refractivity contribution in [3.05, 3.63) is 95.0 Å². The van der Waals surface area contributed by atoms with Crippen molar-refractivity contribution in [1.29, 1.82) is 0 Å². The number of hydrogen-bond donors (Lipinski definition) is 0. The van der Waals surface area contributed by atoms with Gasteiger partial charge in [0, 0.05) is 11.1 Å². The molecule has 126 valence electrons. The van der Waals surface area contributed by atoms with Crippen molar-refractivity contribution in [2.45, 2.75) is 4.90 Å². The molecular formula is C19H13ClO4S. The summed E-state index contributed by atoms with van der Waals surface area (Å²) in [4.78, 5) is 12.2. The van der Waals surface area contributed by atoms with Gasteiger partial charge in [0.25, 0.3) is 0 Å². The Bertz CT molecular complexity index is 997. The Morgan fingerprint density at radius 2 is 1.32 bits per heavy atom. The zero-order valence-electron chi connectivity index (χ0n) is 12.9. The Hall–Kier alpha value is -2.63. The van der Waals surface area contributed by atoms with E-state index >= 15 is 0 Å². The maximum Gasteiger partial charge on any atom is 0.340 e. The molecule has 0 aliphatic rings. The lowest BCUT2D eigenvalue weighted by Crippen LogP contribution is -2.10.